The number of methoxy groups -OCH3 is 2. The first-order valence-electron chi connectivity index (χ1n) is 7.45. The van der Waals surface area contributed by atoms with Crippen LogP contribution in [0.3, 0.4) is 0 Å². The molecule has 1 heterocycles. The van der Waals surface area contributed by atoms with Gasteiger partial charge in [0.1, 0.15) is 22.8 Å². The van der Waals surface area contributed by atoms with Gasteiger partial charge in [-0.15, -0.1) is 0 Å². The fraction of sp³-hybridized carbons (Fsp3) is 0.263. The summed E-state index contributed by atoms with van der Waals surface area (Å²) in [6.45, 7) is 1.87. The molecule has 3 rings (SSSR count). The Hall–Kier alpha value is -2.62. The third-order valence-electron chi connectivity index (χ3n) is 3.64. The van der Waals surface area contributed by atoms with Crippen LogP contribution in [0.1, 0.15) is 18.1 Å². The lowest BCUT2D eigenvalue weighted by Gasteiger charge is -2.13. The number of benzene rings is 2. The average molecular weight is 311 g/mol. The van der Waals surface area contributed by atoms with Gasteiger partial charge in [-0.2, -0.15) is 0 Å². The molecule has 1 aliphatic heterocycles. The van der Waals surface area contributed by atoms with Crippen molar-refractivity contribution in [2.45, 2.75) is 19.6 Å². The topological polar surface area (TPSA) is 36.9 Å². The molecule has 4 heteroatoms. The molecule has 4 nitrogen and oxygen atoms in total. The SMILES string of the molecule is COc1c[c]cc(OC)c1C1=C(Cc2ccccc2)OC(C)O1. The summed E-state index contributed by atoms with van der Waals surface area (Å²) < 4.78 is 22.7. The first kappa shape index (κ1) is 15.3. The summed E-state index contributed by atoms with van der Waals surface area (Å²) in [5.41, 5.74) is 1.90. The van der Waals surface area contributed by atoms with Crippen LogP contribution in [-0.4, -0.2) is 20.5 Å². The normalized spacial score (nSPS) is 16.7. The first-order valence-corrected chi connectivity index (χ1v) is 7.45. The van der Waals surface area contributed by atoms with Crippen LogP contribution in [0.2, 0.25) is 0 Å². The Labute approximate surface area is 136 Å². The average Bonchev–Trinajstić information content (AvgIpc) is 2.94. The van der Waals surface area contributed by atoms with Crippen LogP contribution in [0.5, 0.6) is 11.5 Å². The van der Waals surface area contributed by atoms with Crippen LogP contribution in [0.15, 0.2) is 48.2 Å². The van der Waals surface area contributed by atoms with Crippen LogP contribution >= 0.6 is 0 Å². The molecule has 2 aromatic rings. The third-order valence-corrected chi connectivity index (χ3v) is 3.64. The van der Waals surface area contributed by atoms with E-state index in [1.54, 1.807) is 26.4 Å². The quantitative estimate of drug-likeness (QED) is 0.841. The Morgan fingerprint density at radius 3 is 2.26 bits per heavy atom. The Balaban J connectivity index is 2.06. The molecule has 0 N–H and O–H groups in total. The highest BCUT2D eigenvalue weighted by Crippen LogP contribution is 2.41. The van der Waals surface area contributed by atoms with E-state index in [2.05, 4.69) is 18.2 Å². The Morgan fingerprint density at radius 1 is 1.00 bits per heavy atom. The minimum atomic E-state index is -0.345. The Kier molecular flexibility index (Phi) is 4.42. The van der Waals surface area contributed by atoms with Crippen molar-refractivity contribution in [2.24, 2.45) is 0 Å². The number of allylic oxidation sites excluding steroid dienone is 1. The van der Waals surface area contributed by atoms with Gasteiger partial charge in [-0.25, -0.2) is 0 Å². The van der Waals surface area contributed by atoms with Crippen LogP contribution in [0.4, 0.5) is 0 Å². The molecule has 0 saturated carbocycles. The van der Waals surface area contributed by atoms with E-state index in [4.69, 9.17) is 18.9 Å². The first-order chi connectivity index (χ1) is 11.2. The summed E-state index contributed by atoms with van der Waals surface area (Å²) in [4.78, 5) is 0. The van der Waals surface area contributed by atoms with Crippen molar-refractivity contribution in [3.05, 3.63) is 65.4 Å². The second-order valence-corrected chi connectivity index (χ2v) is 5.19. The van der Waals surface area contributed by atoms with Crippen molar-refractivity contribution in [1.29, 1.82) is 0 Å². The highest BCUT2D eigenvalue weighted by molar-refractivity contribution is 5.73. The predicted molar refractivity (Wildman–Crippen MR) is 87.1 cm³/mol. The number of hydrogen-bond acceptors (Lipinski definition) is 4. The lowest BCUT2D eigenvalue weighted by molar-refractivity contribution is -0.00984. The molecular formula is C19H19O4. The van der Waals surface area contributed by atoms with E-state index in [1.165, 1.54) is 0 Å². The molecule has 1 radical (unpaired) electrons. The summed E-state index contributed by atoms with van der Waals surface area (Å²) in [6.07, 6.45) is 0.299. The van der Waals surface area contributed by atoms with Crippen LogP contribution in [0.25, 0.3) is 5.76 Å². The minimum Gasteiger partial charge on any atom is -0.496 e. The van der Waals surface area contributed by atoms with Crippen molar-refractivity contribution in [2.75, 3.05) is 14.2 Å². The van der Waals surface area contributed by atoms with Gasteiger partial charge in [-0.05, 0) is 23.8 Å². The summed E-state index contributed by atoms with van der Waals surface area (Å²) in [7, 11) is 3.23. The molecule has 2 aromatic carbocycles. The highest BCUT2D eigenvalue weighted by atomic mass is 16.7. The second-order valence-electron chi connectivity index (χ2n) is 5.19. The van der Waals surface area contributed by atoms with Crippen LogP contribution in [0, 0.1) is 6.07 Å². The third kappa shape index (κ3) is 3.11. The van der Waals surface area contributed by atoms with Gasteiger partial charge in [-0.3, -0.25) is 0 Å². The molecule has 1 unspecified atom stereocenters. The van der Waals surface area contributed by atoms with Crippen molar-refractivity contribution in [1.82, 2.24) is 0 Å². The Morgan fingerprint density at radius 2 is 1.65 bits per heavy atom. The maximum atomic E-state index is 5.90. The van der Waals surface area contributed by atoms with Gasteiger partial charge < -0.3 is 18.9 Å². The lowest BCUT2D eigenvalue weighted by atomic mass is 10.1. The molecule has 23 heavy (non-hydrogen) atoms. The van der Waals surface area contributed by atoms with E-state index in [0.717, 1.165) is 16.9 Å². The molecule has 1 aliphatic rings. The van der Waals surface area contributed by atoms with E-state index in [1.807, 2.05) is 25.1 Å². The summed E-state index contributed by atoms with van der Waals surface area (Å²) in [6, 6.07) is 16.7. The lowest BCUT2D eigenvalue weighted by Crippen LogP contribution is -2.02. The van der Waals surface area contributed by atoms with E-state index < -0.39 is 0 Å². The zero-order chi connectivity index (χ0) is 16.2. The van der Waals surface area contributed by atoms with Crippen molar-refractivity contribution in [3.8, 4) is 11.5 Å². The van der Waals surface area contributed by atoms with Gasteiger partial charge in [0.25, 0.3) is 0 Å². The van der Waals surface area contributed by atoms with E-state index in [9.17, 15) is 0 Å². The fourth-order valence-electron chi connectivity index (χ4n) is 2.62. The zero-order valence-corrected chi connectivity index (χ0v) is 13.5. The van der Waals surface area contributed by atoms with Gasteiger partial charge in [-0.1, -0.05) is 30.3 Å². The standard InChI is InChI=1S/C19H19O4/c1-13-22-17(12-14-8-5-4-6-9-14)19(23-13)18-15(20-2)10-7-11-16(18)21-3/h4-6,8-11,13H,12H2,1-3H3. The molecule has 119 valence electrons. The number of rotatable bonds is 5. The Bertz CT molecular complexity index is 684. The second kappa shape index (κ2) is 6.65. The van der Waals surface area contributed by atoms with E-state index in [-0.39, 0.29) is 6.29 Å². The van der Waals surface area contributed by atoms with Gasteiger partial charge in [0.15, 0.2) is 5.76 Å². The molecule has 0 saturated heterocycles. The summed E-state index contributed by atoms with van der Waals surface area (Å²) in [5, 5.41) is 0. The number of ether oxygens (including phenoxy) is 4. The minimum absolute atomic E-state index is 0.345. The van der Waals surface area contributed by atoms with E-state index >= 15 is 0 Å². The fourth-order valence-corrected chi connectivity index (χ4v) is 2.62. The molecular weight excluding hydrogens is 292 g/mol. The summed E-state index contributed by atoms with van der Waals surface area (Å²) >= 11 is 0. The maximum Gasteiger partial charge on any atom is 0.238 e. The van der Waals surface area contributed by atoms with Crippen LogP contribution < -0.4 is 9.47 Å². The van der Waals surface area contributed by atoms with Gasteiger partial charge >= 0.3 is 0 Å². The largest absolute Gasteiger partial charge is 0.496 e. The van der Waals surface area contributed by atoms with Gasteiger partial charge in [0, 0.05) is 13.3 Å². The molecule has 0 amide bonds. The molecule has 0 fully saturated rings. The van der Waals surface area contributed by atoms with Crippen LogP contribution in [-0.2, 0) is 15.9 Å². The molecule has 0 aromatic heterocycles. The van der Waals surface area contributed by atoms with Crippen molar-refractivity contribution < 1.29 is 18.9 Å². The molecule has 0 bridgehead atoms. The monoisotopic (exact) mass is 311 g/mol. The number of hydrogen-bond donors (Lipinski definition) is 0. The predicted octanol–water partition coefficient (Wildman–Crippen LogP) is 3.81. The molecule has 0 spiro atoms. The molecule has 1 atom stereocenters. The van der Waals surface area contributed by atoms with Crippen molar-refractivity contribution in [3.63, 3.8) is 0 Å². The van der Waals surface area contributed by atoms with Gasteiger partial charge in [0.05, 0.1) is 14.2 Å². The highest BCUT2D eigenvalue weighted by Gasteiger charge is 2.29. The van der Waals surface area contributed by atoms with Gasteiger partial charge in [0.2, 0.25) is 6.29 Å². The zero-order valence-electron chi connectivity index (χ0n) is 13.5. The molecule has 0 aliphatic carbocycles. The maximum absolute atomic E-state index is 5.90. The van der Waals surface area contributed by atoms with Crippen molar-refractivity contribution >= 4 is 5.76 Å². The smallest absolute Gasteiger partial charge is 0.238 e. The summed E-state index contributed by atoms with van der Waals surface area (Å²) in [5.74, 6) is 2.71. The van der Waals surface area contributed by atoms with E-state index in [0.29, 0.717) is 23.7 Å².